The molecule has 1 aromatic heterocycles. The largest absolute Gasteiger partial charge is 0.478 e. The molecule has 3 heterocycles. The molecule has 132 valence electrons. The zero-order valence-corrected chi connectivity index (χ0v) is 14.9. The van der Waals surface area contributed by atoms with Crippen LogP contribution in [-0.2, 0) is 22.4 Å². The van der Waals surface area contributed by atoms with Crippen molar-refractivity contribution in [3.63, 3.8) is 0 Å². The maximum absolute atomic E-state index is 11.2. The minimum atomic E-state index is -0.858. The number of piperidine rings is 1. The molecule has 0 aliphatic carbocycles. The minimum absolute atomic E-state index is 0.103. The molecule has 0 bridgehead atoms. The molecule has 2 aliphatic rings. The van der Waals surface area contributed by atoms with E-state index in [0.29, 0.717) is 45.0 Å². The number of ether oxygens (including phenoxy) is 2. The molecule has 1 N–H and O–H groups in total. The summed E-state index contributed by atoms with van der Waals surface area (Å²) in [6.07, 6.45) is 0.486. The van der Waals surface area contributed by atoms with Crippen molar-refractivity contribution in [2.75, 3.05) is 19.7 Å². The lowest BCUT2D eigenvalue weighted by Gasteiger charge is -2.38. The number of hydrogen-bond acceptors (Lipinski definition) is 4. The van der Waals surface area contributed by atoms with Gasteiger partial charge in [0.25, 0.3) is 0 Å². The molecule has 6 nitrogen and oxygen atoms in total. The van der Waals surface area contributed by atoms with Gasteiger partial charge in [0.05, 0.1) is 24.5 Å². The lowest BCUT2D eigenvalue weighted by molar-refractivity contribution is -0.0751. The van der Waals surface area contributed by atoms with Crippen LogP contribution in [0.1, 0.15) is 57.4 Å². The number of aromatic nitrogens is 1. The average Bonchev–Trinajstić information content (AvgIpc) is 2.85. The third-order valence-corrected chi connectivity index (χ3v) is 4.93. The molecule has 3 rings (SSSR count). The Hall–Kier alpha value is -1.82. The van der Waals surface area contributed by atoms with Crippen LogP contribution in [0.25, 0.3) is 0 Å². The van der Waals surface area contributed by atoms with Crippen LogP contribution < -0.4 is 4.74 Å². The van der Waals surface area contributed by atoms with Gasteiger partial charge in [0.2, 0.25) is 5.88 Å². The Kier molecular flexibility index (Phi) is 4.20. The first-order valence-electron chi connectivity index (χ1n) is 8.56. The smallest absolute Gasteiger partial charge is 0.407 e. The molecule has 0 radical (unpaired) electrons. The molecule has 1 spiro atoms. The highest BCUT2D eigenvalue weighted by Crippen LogP contribution is 2.47. The van der Waals surface area contributed by atoms with E-state index in [1.165, 1.54) is 4.90 Å². The van der Waals surface area contributed by atoms with Crippen LogP contribution in [-0.4, -0.2) is 40.8 Å². The summed E-state index contributed by atoms with van der Waals surface area (Å²) < 4.78 is 11.9. The van der Waals surface area contributed by atoms with Crippen LogP contribution in [0.5, 0.6) is 5.88 Å². The van der Waals surface area contributed by atoms with Crippen molar-refractivity contribution in [1.29, 1.82) is 0 Å². The summed E-state index contributed by atoms with van der Waals surface area (Å²) in [5.41, 5.74) is 2.79. The number of fused-ring (bicyclic) bond motifs is 2. The molecule has 0 aromatic carbocycles. The van der Waals surface area contributed by atoms with Crippen molar-refractivity contribution >= 4 is 6.09 Å². The van der Waals surface area contributed by atoms with Gasteiger partial charge in [-0.05, 0) is 25.3 Å². The fourth-order valence-corrected chi connectivity index (χ4v) is 3.70. The predicted molar refractivity (Wildman–Crippen MR) is 89.4 cm³/mol. The van der Waals surface area contributed by atoms with Gasteiger partial charge in [0.1, 0.15) is 0 Å². The molecule has 0 atom stereocenters. The molecular weight excluding hydrogens is 308 g/mol. The molecule has 1 amide bonds. The summed E-state index contributed by atoms with van der Waals surface area (Å²) in [5, 5.41) is 9.18. The summed E-state index contributed by atoms with van der Waals surface area (Å²) in [6, 6.07) is 2.00. The van der Waals surface area contributed by atoms with E-state index in [0.717, 1.165) is 16.8 Å². The fourth-order valence-electron chi connectivity index (χ4n) is 3.70. The van der Waals surface area contributed by atoms with Gasteiger partial charge in [-0.25, -0.2) is 9.78 Å². The molecule has 1 saturated heterocycles. The standard InChI is InChI=1S/C18H26N2O4/c1-5-23-14-10-13-12(15(19-14)17(2,3)4)11-24-18(13)6-8-20(9-7-18)16(21)22/h10H,5-9,11H2,1-4H3,(H,21,22). The van der Waals surface area contributed by atoms with Crippen molar-refractivity contribution in [3.8, 4) is 5.88 Å². The Bertz CT molecular complexity index is 643. The van der Waals surface area contributed by atoms with E-state index < -0.39 is 11.7 Å². The van der Waals surface area contributed by atoms with Crippen molar-refractivity contribution in [3.05, 3.63) is 22.9 Å². The molecule has 0 unspecified atom stereocenters. The highest BCUT2D eigenvalue weighted by atomic mass is 16.5. The van der Waals surface area contributed by atoms with E-state index in [9.17, 15) is 9.90 Å². The molecule has 0 saturated carbocycles. The molecule has 1 aromatic rings. The lowest BCUT2D eigenvalue weighted by Crippen LogP contribution is -2.44. The Morgan fingerprint density at radius 3 is 2.62 bits per heavy atom. The van der Waals surface area contributed by atoms with E-state index >= 15 is 0 Å². The zero-order valence-electron chi connectivity index (χ0n) is 14.9. The second kappa shape index (κ2) is 5.92. The zero-order chi connectivity index (χ0) is 17.5. The van der Waals surface area contributed by atoms with Crippen LogP contribution in [0.2, 0.25) is 0 Å². The average molecular weight is 334 g/mol. The third kappa shape index (κ3) is 2.83. The molecular formula is C18H26N2O4. The topological polar surface area (TPSA) is 71.9 Å². The quantitative estimate of drug-likeness (QED) is 0.898. The number of rotatable bonds is 2. The Balaban J connectivity index is 2.01. The van der Waals surface area contributed by atoms with Gasteiger partial charge in [-0.1, -0.05) is 20.8 Å². The number of hydrogen-bond donors (Lipinski definition) is 1. The number of amides is 1. The van der Waals surface area contributed by atoms with E-state index in [1.807, 2.05) is 13.0 Å². The SMILES string of the molecule is CCOc1cc2c(c(C(C)(C)C)n1)COC21CCN(C(=O)O)CC1. The minimum Gasteiger partial charge on any atom is -0.478 e. The summed E-state index contributed by atoms with van der Waals surface area (Å²) >= 11 is 0. The highest BCUT2D eigenvalue weighted by molar-refractivity contribution is 5.65. The number of likely N-dealkylation sites (tertiary alicyclic amines) is 1. The third-order valence-electron chi connectivity index (χ3n) is 4.93. The van der Waals surface area contributed by atoms with Crippen molar-refractivity contribution < 1.29 is 19.4 Å². The highest BCUT2D eigenvalue weighted by Gasteiger charge is 2.45. The first-order valence-corrected chi connectivity index (χ1v) is 8.56. The van der Waals surface area contributed by atoms with Gasteiger partial charge in [0.15, 0.2) is 0 Å². The second-order valence-corrected chi connectivity index (χ2v) is 7.57. The predicted octanol–water partition coefficient (Wildman–Crippen LogP) is 3.28. The number of nitrogens with zero attached hydrogens (tertiary/aromatic N) is 2. The van der Waals surface area contributed by atoms with Crippen LogP contribution in [0, 0.1) is 0 Å². The summed E-state index contributed by atoms with van der Waals surface area (Å²) in [4.78, 5) is 17.4. The molecule has 6 heteroatoms. The van der Waals surface area contributed by atoms with Gasteiger partial charge in [-0.2, -0.15) is 0 Å². The van der Waals surface area contributed by atoms with E-state index in [2.05, 4.69) is 20.8 Å². The maximum atomic E-state index is 11.2. The monoisotopic (exact) mass is 334 g/mol. The van der Waals surface area contributed by atoms with Crippen LogP contribution in [0.3, 0.4) is 0 Å². The fraction of sp³-hybridized carbons (Fsp3) is 0.667. The summed E-state index contributed by atoms with van der Waals surface area (Å²) in [5.74, 6) is 0.631. The van der Waals surface area contributed by atoms with E-state index in [-0.39, 0.29) is 5.41 Å². The second-order valence-electron chi connectivity index (χ2n) is 7.57. The van der Waals surface area contributed by atoms with Crippen molar-refractivity contribution in [1.82, 2.24) is 9.88 Å². The molecule has 1 fully saturated rings. The van der Waals surface area contributed by atoms with Crippen LogP contribution in [0.4, 0.5) is 4.79 Å². The lowest BCUT2D eigenvalue weighted by atomic mass is 9.80. The van der Waals surface area contributed by atoms with Crippen LogP contribution >= 0.6 is 0 Å². The van der Waals surface area contributed by atoms with Gasteiger partial charge >= 0.3 is 6.09 Å². The Morgan fingerprint density at radius 2 is 2.08 bits per heavy atom. The van der Waals surface area contributed by atoms with Gasteiger partial charge in [0, 0.05) is 30.1 Å². The van der Waals surface area contributed by atoms with Crippen molar-refractivity contribution in [2.45, 2.75) is 58.2 Å². The first-order chi connectivity index (χ1) is 11.3. The van der Waals surface area contributed by atoms with E-state index in [4.69, 9.17) is 14.5 Å². The maximum Gasteiger partial charge on any atom is 0.407 e. The van der Waals surface area contributed by atoms with E-state index in [1.54, 1.807) is 0 Å². The van der Waals surface area contributed by atoms with Gasteiger partial charge in [-0.3, -0.25) is 0 Å². The molecule has 24 heavy (non-hydrogen) atoms. The summed E-state index contributed by atoms with van der Waals surface area (Å²) in [6.45, 7) is 10.5. The number of carbonyl (C=O) groups is 1. The summed E-state index contributed by atoms with van der Waals surface area (Å²) in [7, 11) is 0. The Labute approximate surface area is 142 Å². The Morgan fingerprint density at radius 1 is 1.42 bits per heavy atom. The number of pyridine rings is 1. The number of carboxylic acid groups (broad SMARTS) is 1. The van der Waals surface area contributed by atoms with Crippen LogP contribution in [0.15, 0.2) is 6.07 Å². The normalized spacial score (nSPS) is 19.4. The van der Waals surface area contributed by atoms with Gasteiger partial charge in [-0.15, -0.1) is 0 Å². The van der Waals surface area contributed by atoms with Crippen molar-refractivity contribution in [2.24, 2.45) is 0 Å². The van der Waals surface area contributed by atoms with Gasteiger partial charge < -0.3 is 19.5 Å². The first kappa shape index (κ1) is 17.0. The molecule has 2 aliphatic heterocycles.